The molecule has 0 bridgehead atoms. The Balaban J connectivity index is 1.76. The SMILES string of the molecule is CC1CCC(C2Nc3ccccc3CC2C)CC1C. The molecular formula is C18H27N. The van der Waals surface area contributed by atoms with Gasteiger partial charge in [0.15, 0.2) is 0 Å². The molecule has 1 saturated carbocycles. The summed E-state index contributed by atoms with van der Waals surface area (Å²) < 4.78 is 0. The molecule has 1 heteroatoms. The van der Waals surface area contributed by atoms with Crippen LogP contribution in [0.5, 0.6) is 0 Å². The van der Waals surface area contributed by atoms with Crippen molar-refractivity contribution < 1.29 is 0 Å². The lowest BCUT2D eigenvalue weighted by Crippen LogP contribution is -2.42. The molecule has 0 radical (unpaired) electrons. The molecule has 1 nitrogen and oxygen atoms in total. The Hall–Kier alpha value is -0.980. The minimum absolute atomic E-state index is 0.685. The van der Waals surface area contributed by atoms with Gasteiger partial charge in [0, 0.05) is 11.7 Å². The molecular weight excluding hydrogens is 230 g/mol. The molecule has 0 spiro atoms. The number of rotatable bonds is 1. The summed E-state index contributed by atoms with van der Waals surface area (Å²) in [5.41, 5.74) is 2.89. The summed E-state index contributed by atoms with van der Waals surface area (Å²) in [6, 6.07) is 9.54. The van der Waals surface area contributed by atoms with Gasteiger partial charge in [-0.05, 0) is 54.6 Å². The maximum atomic E-state index is 3.85. The summed E-state index contributed by atoms with van der Waals surface area (Å²) in [5, 5.41) is 3.85. The first-order chi connectivity index (χ1) is 9.15. The van der Waals surface area contributed by atoms with Crippen LogP contribution in [0.4, 0.5) is 5.69 Å². The predicted octanol–water partition coefficient (Wildman–Crippen LogP) is 4.73. The normalized spacial score (nSPS) is 38.4. The van der Waals surface area contributed by atoms with E-state index in [9.17, 15) is 0 Å². The van der Waals surface area contributed by atoms with Crippen LogP contribution in [0.2, 0.25) is 0 Å². The van der Waals surface area contributed by atoms with E-state index >= 15 is 0 Å². The molecule has 0 saturated heterocycles. The van der Waals surface area contributed by atoms with E-state index in [0.29, 0.717) is 6.04 Å². The Morgan fingerprint density at radius 3 is 2.53 bits per heavy atom. The molecule has 1 N–H and O–H groups in total. The summed E-state index contributed by atoms with van der Waals surface area (Å²) in [6.45, 7) is 7.29. The Kier molecular flexibility index (Phi) is 3.56. The van der Waals surface area contributed by atoms with E-state index in [4.69, 9.17) is 0 Å². The highest BCUT2D eigenvalue weighted by molar-refractivity contribution is 5.54. The fourth-order valence-electron chi connectivity index (χ4n) is 4.13. The number of benzene rings is 1. The molecule has 0 aromatic heterocycles. The number of fused-ring (bicyclic) bond motifs is 1. The minimum Gasteiger partial charge on any atom is -0.382 e. The average molecular weight is 257 g/mol. The second-order valence-electron chi connectivity index (χ2n) is 7.04. The van der Waals surface area contributed by atoms with Crippen LogP contribution in [-0.4, -0.2) is 6.04 Å². The quantitative estimate of drug-likeness (QED) is 0.767. The van der Waals surface area contributed by atoms with Crippen molar-refractivity contribution in [2.45, 2.75) is 52.5 Å². The van der Waals surface area contributed by atoms with Crippen LogP contribution in [0.15, 0.2) is 24.3 Å². The van der Waals surface area contributed by atoms with E-state index in [2.05, 4.69) is 50.4 Å². The first-order valence-corrected chi connectivity index (χ1v) is 7.99. The van der Waals surface area contributed by atoms with E-state index < -0.39 is 0 Å². The Labute approximate surface area is 117 Å². The lowest BCUT2D eigenvalue weighted by molar-refractivity contribution is 0.170. The second-order valence-corrected chi connectivity index (χ2v) is 7.04. The first kappa shape index (κ1) is 13.0. The highest BCUT2D eigenvalue weighted by Crippen LogP contribution is 2.40. The smallest absolute Gasteiger partial charge is 0.0375 e. The molecule has 104 valence electrons. The molecule has 0 amide bonds. The molecule has 3 rings (SSSR count). The van der Waals surface area contributed by atoms with E-state index in [0.717, 1.165) is 23.7 Å². The van der Waals surface area contributed by atoms with Crippen LogP contribution in [0, 0.1) is 23.7 Å². The number of anilines is 1. The zero-order chi connectivity index (χ0) is 13.4. The lowest BCUT2D eigenvalue weighted by Gasteiger charge is -2.42. The van der Waals surface area contributed by atoms with E-state index in [-0.39, 0.29) is 0 Å². The van der Waals surface area contributed by atoms with Gasteiger partial charge in [0.05, 0.1) is 0 Å². The van der Waals surface area contributed by atoms with Gasteiger partial charge in [-0.25, -0.2) is 0 Å². The fourth-order valence-corrected chi connectivity index (χ4v) is 4.13. The highest BCUT2D eigenvalue weighted by atomic mass is 15.0. The maximum Gasteiger partial charge on any atom is 0.0375 e. The number of nitrogens with one attached hydrogen (secondary N) is 1. The molecule has 1 aromatic carbocycles. The summed E-state index contributed by atoms with van der Waals surface area (Å²) in [6.07, 6.45) is 5.48. The largest absolute Gasteiger partial charge is 0.382 e. The zero-order valence-corrected chi connectivity index (χ0v) is 12.5. The Bertz CT molecular complexity index is 439. The molecule has 1 aliphatic heterocycles. The lowest BCUT2D eigenvalue weighted by atomic mass is 9.69. The van der Waals surface area contributed by atoms with Crippen molar-refractivity contribution in [2.24, 2.45) is 23.7 Å². The molecule has 1 aliphatic carbocycles. The fraction of sp³-hybridized carbons (Fsp3) is 0.667. The summed E-state index contributed by atoms with van der Waals surface area (Å²) in [7, 11) is 0. The predicted molar refractivity (Wildman–Crippen MR) is 82.4 cm³/mol. The van der Waals surface area contributed by atoms with Crippen molar-refractivity contribution >= 4 is 5.69 Å². The molecule has 1 heterocycles. The van der Waals surface area contributed by atoms with Gasteiger partial charge in [-0.2, -0.15) is 0 Å². The maximum absolute atomic E-state index is 3.85. The summed E-state index contributed by atoms with van der Waals surface area (Å²) >= 11 is 0. The monoisotopic (exact) mass is 257 g/mol. The van der Waals surface area contributed by atoms with Gasteiger partial charge in [0.2, 0.25) is 0 Å². The number of hydrogen-bond donors (Lipinski definition) is 1. The van der Waals surface area contributed by atoms with Crippen molar-refractivity contribution in [2.75, 3.05) is 5.32 Å². The minimum atomic E-state index is 0.685. The Morgan fingerprint density at radius 2 is 1.74 bits per heavy atom. The van der Waals surface area contributed by atoms with Crippen molar-refractivity contribution in [3.8, 4) is 0 Å². The zero-order valence-electron chi connectivity index (χ0n) is 12.5. The van der Waals surface area contributed by atoms with Crippen LogP contribution in [-0.2, 0) is 6.42 Å². The van der Waals surface area contributed by atoms with E-state index in [1.54, 1.807) is 0 Å². The highest BCUT2D eigenvalue weighted by Gasteiger charge is 2.35. The van der Waals surface area contributed by atoms with Gasteiger partial charge in [-0.3, -0.25) is 0 Å². The third-order valence-electron chi connectivity index (χ3n) is 5.64. The van der Waals surface area contributed by atoms with Crippen molar-refractivity contribution in [3.63, 3.8) is 0 Å². The van der Waals surface area contributed by atoms with Gasteiger partial charge in [0.25, 0.3) is 0 Å². The van der Waals surface area contributed by atoms with Crippen molar-refractivity contribution in [3.05, 3.63) is 29.8 Å². The van der Waals surface area contributed by atoms with Gasteiger partial charge in [-0.1, -0.05) is 45.4 Å². The average Bonchev–Trinajstić information content (AvgIpc) is 2.41. The summed E-state index contributed by atoms with van der Waals surface area (Å²) in [5.74, 6) is 3.45. The van der Waals surface area contributed by atoms with Gasteiger partial charge >= 0.3 is 0 Å². The van der Waals surface area contributed by atoms with Crippen LogP contribution in [0.25, 0.3) is 0 Å². The van der Waals surface area contributed by atoms with Crippen molar-refractivity contribution in [1.29, 1.82) is 0 Å². The van der Waals surface area contributed by atoms with Gasteiger partial charge < -0.3 is 5.32 Å². The van der Waals surface area contributed by atoms with Crippen LogP contribution in [0.1, 0.15) is 45.6 Å². The molecule has 19 heavy (non-hydrogen) atoms. The topological polar surface area (TPSA) is 12.0 Å². The standard InChI is InChI=1S/C18H27N/c1-12-8-9-16(10-13(12)2)18-14(3)11-15-6-4-5-7-17(15)19-18/h4-7,12-14,16,18-19H,8-11H2,1-3H3. The van der Waals surface area contributed by atoms with E-state index in [1.807, 2.05) is 0 Å². The number of hydrogen-bond acceptors (Lipinski definition) is 1. The first-order valence-electron chi connectivity index (χ1n) is 7.99. The Morgan fingerprint density at radius 1 is 0.947 bits per heavy atom. The van der Waals surface area contributed by atoms with Gasteiger partial charge in [0.1, 0.15) is 0 Å². The molecule has 5 unspecified atom stereocenters. The van der Waals surface area contributed by atoms with Crippen LogP contribution >= 0.6 is 0 Å². The van der Waals surface area contributed by atoms with Crippen molar-refractivity contribution in [1.82, 2.24) is 0 Å². The molecule has 2 aliphatic rings. The third kappa shape index (κ3) is 2.52. The van der Waals surface area contributed by atoms with E-state index in [1.165, 1.54) is 36.9 Å². The number of para-hydroxylation sites is 1. The molecule has 5 atom stereocenters. The van der Waals surface area contributed by atoms with Crippen LogP contribution < -0.4 is 5.32 Å². The third-order valence-corrected chi connectivity index (χ3v) is 5.64. The summed E-state index contributed by atoms with van der Waals surface area (Å²) in [4.78, 5) is 0. The van der Waals surface area contributed by atoms with Crippen LogP contribution in [0.3, 0.4) is 0 Å². The molecule has 1 aromatic rings. The molecule has 1 fully saturated rings. The second kappa shape index (κ2) is 5.19. The van der Waals surface area contributed by atoms with Gasteiger partial charge in [-0.15, -0.1) is 0 Å².